The lowest BCUT2D eigenvalue weighted by Gasteiger charge is -2.19. The van der Waals surface area contributed by atoms with Gasteiger partial charge in [-0.1, -0.05) is 6.42 Å². The largest absolute Gasteiger partial charge is 0.469 e. The molecule has 2 fully saturated rings. The fourth-order valence-electron chi connectivity index (χ4n) is 2.61. The van der Waals surface area contributed by atoms with Crippen LogP contribution in [0, 0.1) is 5.92 Å². The first-order chi connectivity index (χ1) is 8.95. The average molecular weight is 291 g/mol. The maximum atomic E-state index is 12.2. The Kier molecular flexibility index (Phi) is 4.10. The highest BCUT2D eigenvalue weighted by molar-refractivity contribution is 7.90. The molecular weight excluding hydrogens is 274 g/mol. The molecule has 0 aromatic heterocycles. The minimum atomic E-state index is -3.73. The van der Waals surface area contributed by atoms with Gasteiger partial charge in [0.15, 0.2) is 0 Å². The molecule has 2 rings (SSSR count). The zero-order valence-electron chi connectivity index (χ0n) is 10.6. The summed E-state index contributed by atoms with van der Waals surface area (Å²) in [7, 11) is -2.49. The van der Waals surface area contributed by atoms with E-state index in [1.165, 1.54) is 7.11 Å². The molecule has 2 aliphatic rings. The van der Waals surface area contributed by atoms with Gasteiger partial charge in [0.25, 0.3) is 0 Å². The molecule has 0 spiro atoms. The van der Waals surface area contributed by atoms with E-state index in [0.29, 0.717) is 25.7 Å². The van der Waals surface area contributed by atoms with Gasteiger partial charge in [-0.15, -0.1) is 0 Å². The highest BCUT2D eigenvalue weighted by Crippen LogP contribution is 2.32. The molecule has 0 amide bonds. The van der Waals surface area contributed by atoms with Gasteiger partial charge in [0, 0.05) is 6.42 Å². The summed E-state index contributed by atoms with van der Waals surface area (Å²) in [5.41, 5.74) is 0. The standard InChI is InChI=1S/C11H17NO6S/c1-17-10(13)7-3-2-4-9(7)19(15,16)12-8-5-6-18-11(8)14/h7-9,12H,2-6H2,1H3. The Morgan fingerprint density at radius 3 is 2.68 bits per heavy atom. The molecular formula is C11H17NO6S. The van der Waals surface area contributed by atoms with Gasteiger partial charge in [-0.25, -0.2) is 13.1 Å². The predicted octanol–water partition coefficient (Wildman–Crippen LogP) is -0.437. The number of hydrogen-bond donors (Lipinski definition) is 1. The van der Waals surface area contributed by atoms with Gasteiger partial charge in [0.05, 0.1) is 24.9 Å². The first-order valence-corrected chi connectivity index (χ1v) is 7.76. The van der Waals surface area contributed by atoms with Crippen LogP contribution in [-0.2, 0) is 29.1 Å². The molecule has 0 aromatic carbocycles. The summed E-state index contributed by atoms with van der Waals surface area (Å²) < 4.78 is 36.2. The van der Waals surface area contributed by atoms with Gasteiger partial charge in [-0.2, -0.15) is 0 Å². The van der Waals surface area contributed by atoms with Crippen LogP contribution < -0.4 is 4.72 Å². The van der Waals surface area contributed by atoms with Gasteiger partial charge < -0.3 is 9.47 Å². The van der Waals surface area contributed by atoms with Crippen molar-refractivity contribution in [3.63, 3.8) is 0 Å². The summed E-state index contributed by atoms with van der Waals surface area (Å²) in [4.78, 5) is 22.9. The Bertz CT molecular complexity index is 474. The Morgan fingerprint density at radius 1 is 1.37 bits per heavy atom. The summed E-state index contributed by atoms with van der Waals surface area (Å²) in [6.07, 6.45) is 1.87. The number of ether oxygens (including phenoxy) is 2. The topological polar surface area (TPSA) is 98.8 Å². The van der Waals surface area contributed by atoms with Crippen molar-refractivity contribution in [3.05, 3.63) is 0 Å². The number of cyclic esters (lactones) is 1. The lowest BCUT2D eigenvalue weighted by atomic mass is 10.1. The van der Waals surface area contributed by atoms with Crippen LogP contribution in [0.3, 0.4) is 0 Å². The molecule has 8 heteroatoms. The zero-order valence-corrected chi connectivity index (χ0v) is 11.4. The SMILES string of the molecule is COC(=O)C1CCCC1S(=O)(=O)NC1CCOC1=O. The number of rotatable bonds is 4. The number of carbonyl (C=O) groups is 2. The first kappa shape index (κ1) is 14.3. The van der Waals surface area contributed by atoms with Crippen LogP contribution in [0.1, 0.15) is 25.7 Å². The minimum absolute atomic E-state index is 0.219. The van der Waals surface area contributed by atoms with Gasteiger partial charge in [0.2, 0.25) is 10.0 Å². The second-order valence-corrected chi connectivity index (χ2v) is 6.70. The van der Waals surface area contributed by atoms with Gasteiger partial charge >= 0.3 is 11.9 Å². The molecule has 1 aliphatic heterocycles. The Hall–Kier alpha value is -1.15. The third kappa shape index (κ3) is 2.89. The van der Waals surface area contributed by atoms with Crippen LogP contribution in [0.2, 0.25) is 0 Å². The van der Waals surface area contributed by atoms with Crippen molar-refractivity contribution in [2.45, 2.75) is 37.0 Å². The Labute approximate surface area is 111 Å². The summed E-state index contributed by atoms with van der Waals surface area (Å²) in [6.45, 7) is 0.219. The molecule has 19 heavy (non-hydrogen) atoms. The van der Waals surface area contributed by atoms with Crippen LogP contribution >= 0.6 is 0 Å². The van der Waals surface area contributed by atoms with E-state index in [0.717, 1.165) is 0 Å². The van der Waals surface area contributed by atoms with Crippen LogP contribution in [0.15, 0.2) is 0 Å². The lowest BCUT2D eigenvalue weighted by Crippen LogP contribution is -2.45. The van der Waals surface area contributed by atoms with E-state index in [9.17, 15) is 18.0 Å². The average Bonchev–Trinajstić information content (AvgIpc) is 2.98. The molecule has 0 bridgehead atoms. The van der Waals surface area contributed by atoms with E-state index in [-0.39, 0.29) is 6.61 Å². The van der Waals surface area contributed by atoms with Crippen molar-refractivity contribution >= 4 is 22.0 Å². The normalized spacial score (nSPS) is 31.2. The number of hydrogen-bond acceptors (Lipinski definition) is 6. The summed E-state index contributed by atoms with van der Waals surface area (Å²) in [5.74, 6) is -1.72. The van der Waals surface area contributed by atoms with Crippen molar-refractivity contribution in [1.29, 1.82) is 0 Å². The van der Waals surface area contributed by atoms with E-state index in [2.05, 4.69) is 9.46 Å². The monoisotopic (exact) mass is 291 g/mol. The van der Waals surface area contributed by atoms with Crippen molar-refractivity contribution in [3.8, 4) is 0 Å². The zero-order chi connectivity index (χ0) is 14.0. The number of carbonyl (C=O) groups excluding carboxylic acids is 2. The molecule has 108 valence electrons. The number of sulfonamides is 1. The summed E-state index contributed by atoms with van der Waals surface area (Å²) in [5, 5.41) is -0.826. The molecule has 1 aliphatic carbocycles. The van der Waals surface area contributed by atoms with Crippen LogP contribution in [-0.4, -0.2) is 45.4 Å². The molecule has 0 aromatic rings. The fraction of sp³-hybridized carbons (Fsp3) is 0.818. The van der Waals surface area contributed by atoms with Crippen molar-refractivity contribution in [2.75, 3.05) is 13.7 Å². The molecule has 3 unspecified atom stereocenters. The quantitative estimate of drug-likeness (QED) is 0.705. The molecule has 1 heterocycles. The Morgan fingerprint density at radius 2 is 2.11 bits per heavy atom. The number of nitrogens with one attached hydrogen (secondary N) is 1. The van der Waals surface area contributed by atoms with Crippen LogP contribution in [0.5, 0.6) is 0 Å². The van der Waals surface area contributed by atoms with Gasteiger partial charge in [0.1, 0.15) is 6.04 Å². The number of esters is 2. The van der Waals surface area contributed by atoms with Crippen LogP contribution in [0.25, 0.3) is 0 Å². The molecule has 3 atom stereocenters. The maximum absolute atomic E-state index is 12.2. The van der Waals surface area contributed by atoms with Crippen molar-refractivity contribution in [2.24, 2.45) is 5.92 Å². The van der Waals surface area contributed by atoms with Crippen molar-refractivity contribution in [1.82, 2.24) is 4.72 Å². The lowest BCUT2D eigenvalue weighted by molar-refractivity contribution is -0.145. The third-order valence-electron chi connectivity index (χ3n) is 3.60. The van der Waals surface area contributed by atoms with Crippen LogP contribution in [0.4, 0.5) is 0 Å². The molecule has 0 radical (unpaired) electrons. The minimum Gasteiger partial charge on any atom is -0.469 e. The molecule has 1 saturated heterocycles. The van der Waals surface area contributed by atoms with Gasteiger partial charge in [-0.05, 0) is 12.8 Å². The molecule has 1 N–H and O–H groups in total. The third-order valence-corrected chi connectivity index (χ3v) is 5.57. The Balaban J connectivity index is 2.10. The smallest absolute Gasteiger partial charge is 0.324 e. The maximum Gasteiger partial charge on any atom is 0.324 e. The second kappa shape index (κ2) is 5.46. The van der Waals surface area contributed by atoms with E-state index < -0.39 is 39.2 Å². The van der Waals surface area contributed by atoms with E-state index >= 15 is 0 Å². The first-order valence-electron chi connectivity index (χ1n) is 6.21. The molecule has 1 saturated carbocycles. The number of methoxy groups -OCH3 is 1. The highest BCUT2D eigenvalue weighted by atomic mass is 32.2. The summed E-state index contributed by atoms with van der Waals surface area (Å²) >= 11 is 0. The fourth-order valence-corrected chi connectivity index (χ4v) is 4.55. The van der Waals surface area contributed by atoms with Crippen molar-refractivity contribution < 1.29 is 27.5 Å². The summed E-state index contributed by atoms with van der Waals surface area (Å²) in [6, 6.07) is -0.830. The second-order valence-electron chi connectivity index (χ2n) is 4.77. The highest BCUT2D eigenvalue weighted by Gasteiger charge is 2.44. The van der Waals surface area contributed by atoms with Gasteiger partial charge in [-0.3, -0.25) is 9.59 Å². The van der Waals surface area contributed by atoms with E-state index in [1.54, 1.807) is 0 Å². The van der Waals surface area contributed by atoms with E-state index in [1.807, 2.05) is 0 Å². The molecule has 7 nitrogen and oxygen atoms in total. The van der Waals surface area contributed by atoms with E-state index in [4.69, 9.17) is 4.74 Å². The predicted molar refractivity (Wildman–Crippen MR) is 64.6 cm³/mol.